The molecule has 0 aliphatic heterocycles. The monoisotopic (exact) mass is 369 g/mol. The van der Waals surface area contributed by atoms with Gasteiger partial charge in [-0.3, -0.25) is 9.59 Å². The van der Waals surface area contributed by atoms with Crippen LogP contribution in [0.1, 0.15) is 16.1 Å². The highest BCUT2D eigenvalue weighted by Gasteiger charge is 2.19. The van der Waals surface area contributed by atoms with Crippen LogP contribution in [0.15, 0.2) is 59.4 Å². The third kappa shape index (κ3) is 3.92. The van der Waals surface area contributed by atoms with Crippen molar-refractivity contribution in [1.29, 1.82) is 0 Å². The maximum Gasteiger partial charge on any atom is 0.294 e. The molecule has 26 heavy (non-hydrogen) atoms. The zero-order chi connectivity index (χ0) is 18.5. The number of nitrogens with zero attached hydrogens (tertiary/aromatic N) is 1. The lowest BCUT2D eigenvalue weighted by Crippen LogP contribution is -2.28. The highest BCUT2D eigenvalue weighted by Crippen LogP contribution is 2.25. The fraction of sp³-hybridized carbons (Fsp3) is 0.105. The zero-order valence-electron chi connectivity index (χ0n) is 13.7. The van der Waals surface area contributed by atoms with Crippen LogP contribution in [-0.4, -0.2) is 27.5 Å². The van der Waals surface area contributed by atoms with Gasteiger partial charge < -0.3 is 15.4 Å². The summed E-state index contributed by atoms with van der Waals surface area (Å²) in [5.74, 6) is -1.23. The molecule has 0 spiro atoms. The fourth-order valence-corrected chi connectivity index (χ4v) is 2.68. The number of amides is 1. The SMILES string of the molecule is O=C(NCCc1ccccc1)c1nc(-c2ccccc2Cl)[nH]c(=O)c1O. The minimum absolute atomic E-state index is 0.117. The van der Waals surface area contributed by atoms with E-state index >= 15 is 0 Å². The number of carbonyl (C=O) groups excluding carboxylic acids is 1. The topological polar surface area (TPSA) is 95.1 Å². The number of hydrogen-bond acceptors (Lipinski definition) is 4. The Labute approximate surface area is 154 Å². The summed E-state index contributed by atoms with van der Waals surface area (Å²) < 4.78 is 0. The second kappa shape index (κ2) is 7.84. The molecule has 0 aliphatic carbocycles. The van der Waals surface area contributed by atoms with Gasteiger partial charge in [-0.15, -0.1) is 0 Å². The third-order valence-electron chi connectivity index (χ3n) is 3.78. The largest absolute Gasteiger partial charge is 0.501 e. The van der Waals surface area contributed by atoms with Crippen molar-refractivity contribution in [2.45, 2.75) is 6.42 Å². The average Bonchev–Trinajstić information content (AvgIpc) is 2.65. The number of carbonyl (C=O) groups is 1. The van der Waals surface area contributed by atoms with Crippen molar-refractivity contribution in [3.05, 3.63) is 81.2 Å². The smallest absolute Gasteiger partial charge is 0.294 e. The van der Waals surface area contributed by atoms with Crippen molar-refractivity contribution in [3.8, 4) is 17.1 Å². The van der Waals surface area contributed by atoms with E-state index in [2.05, 4.69) is 15.3 Å². The molecule has 0 aliphatic rings. The maximum atomic E-state index is 12.4. The molecule has 0 saturated carbocycles. The summed E-state index contributed by atoms with van der Waals surface area (Å²) in [6, 6.07) is 16.4. The predicted octanol–water partition coefficient (Wildman–Crippen LogP) is 2.77. The van der Waals surface area contributed by atoms with E-state index in [1.54, 1.807) is 24.3 Å². The molecule has 3 N–H and O–H groups in total. The molecule has 2 aromatic carbocycles. The Kier molecular flexibility index (Phi) is 5.34. The van der Waals surface area contributed by atoms with Crippen LogP contribution in [0.3, 0.4) is 0 Å². The quantitative estimate of drug-likeness (QED) is 0.644. The Hall–Kier alpha value is -3.12. The molecule has 0 atom stereocenters. The van der Waals surface area contributed by atoms with Crippen molar-refractivity contribution in [2.24, 2.45) is 0 Å². The molecule has 1 amide bonds. The molecule has 3 aromatic rings. The van der Waals surface area contributed by atoms with Crippen LogP contribution >= 0.6 is 11.6 Å². The molecule has 0 fully saturated rings. The number of aromatic hydroxyl groups is 1. The van der Waals surface area contributed by atoms with Gasteiger partial charge in [0, 0.05) is 12.1 Å². The standard InChI is InChI=1S/C19H16ClN3O3/c20-14-9-5-4-8-13(14)17-22-15(16(24)19(26)23-17)18(25)21-11-10-12-6-2-1-3-7-12/h1-9,24H,10-11H2,(H,21,25)(H,22,23,26). The predicted molar refractivity (Wildman–Crippen MR) is 99.4 cm³/mol. The number of nitrogens with one attached hydrogen (secondary N) is 2. The molecular formula is C19H16ClN3O3. The summed E-state index contributed by atoms with van der Waals surface area (Å²) >= 11 is 6.11. The molecule has 3 rings (SSSR count). The van der Waals surface area contributed by atoms with E-state index in [1.165, 1.54) is 0 Å². The van der Waals surface area contributed by atoms with Crippen LogP contribution in [0.5, 0.6) is 5.75 Å². The fourth-order valence-electron chi connectivity index (χ4n) is 2.45. The van der Waals surface area contributed by atoms with Gasteiger partial charge in [0.05, 0.1) is 5.02 Å². The first-order chi connectivity index (χ1) is 12.6. The van der Waals surface area contributed by atoms with Crippen molar-refractivity contribution < 1.29 is 9.90 Å². The van der Waals surface area contributed by atoms with Crippen LogP contribution in [0, 0.1) is 0 Å². The Morgan fingerprint density at radius 2 is 1.81 bits per heavy atom. The van der Waals surface area contributed by atoms with Crippen molar-refractivity contribution in [3.63, 3.8) is 0 Å². The minimum atomic E-state index is -0.803. The van der Waals surface area contributed by atoms with Gasteiger partial charge in [-0.1, -0.05) is 54.1 Å². The number of H-pyrrole nitrogens is 1. The number of rotatable bonds is 5. The lowest BCUT2D eigenvalue weighted by atomic mass is 10.1. The van der Waals surface area contributed by atoms with Crippen LogP contribution < -0.4 is 10.9 Å². The van der Waals surface area contributed by atoms with Gasteiger partial charge in [-0.05, 0) is 24.1 Å². The van der Waals surface area contributed by atoms with E-state index in [9.17, 15) is 14.7 Å². The summed E-state index contributed by atoms with van der Waals surface area (Å²) in [5, 5.41) is 13.0. The van der Waals surface area contributed by atoms with Crippen LogP contribution in [0.25, 0.3) is 11.4 Å². The molecule has 1 heterocycles. The Morgan fingerprint density at radius 1 is 1.12 bits per heavy atom. The summed E-state index contributed by atoms with van der Waals surface area (Å²) in [4.78, 5) is 30.8. The van der Waals surface area contributed by atoms with Gasteiger partial charge in [-0.2, -0.15) is 0 Å². The number of benzene rings is 2. The number of aromatic nitrogens is 2. The van der Waals surface area contributed by atoms with E-state index in [0.717, 1.165) is 5.56 Å². The van der Waals surface area contributed by atoms with E-state index in [4.69, 9.17) is 11.6 Å². The van der Waals surface area contributed by atoms with E-state index < -0.39 is 17.2 Å². The second-order valence-corrected chi connectivity index (χ2v) is 5.99. The van der Waals surface area contributed by atoms with Gasteiger partial charge in [0.2, 0.25) is 5.75 Å². The van der Waals surface area contributed by atoms with Crippen LogP contribution in [-0.2, 0) is 6.42 Å². The van der Waals surface area contributed by atoms with Gasteiger partial charge in [0.25, 0.3) is 11.5 Å². The second-order valence-electron chi connectivity index (χ2n) is 5.58. The highest BCUT2D eigenvalue weighted by atomic mass is 35.5. The third-order valence-corrected chi connectivity index (χ3v) is 4.11. The molecule has 0 unspecified atom stereocenters. The molecule has 0 bridgehead atoms. The van der Waals surface area contributed by atoms with Crippen molar-refractivity contribution >= 4 is 17.5 Å². The highest BCUT2D eigenvalue weighted by molar-refractivity contribution is 6.33. The van der Waals surface area contributed by atoms with E-state index in [1.807, 2.05) is 30.3 Å². The minimum Gasteiger partial charge on any atom is -0.501 e. The molecule has 0 radical (unpaired) electrons. The van der Waals surface area contributed by atoms with E-state index in [-0.39, 0.29) is 11.5 Å². The molecule has 1 aromatic heterocycles. The summed E-state index contributed by atoms with van der Waals surface area (Å²) in [6.07, 6.45) is 0.619. The van der Waals surface area contributed by atoms with E-state index in [0.29, 0.717) is 23.6 Å². The van der Waals surface area contributed by atoms with Gasteiger partial charge in [0.15, 0.2) is 5.69 Å². The summed E-state index contributed by atoms with van der Waals surface area (Å²) in [7, 11) is 0. The lowest BCUT2D eigenvalue weighted by Gasteiger charge is -2.09. The van der Waals surface area contributed by atoms with Crippen molar-refractivity contribution in [1.82, 2.24) is 15.3 Å². The Bertz CT molecular complexity index is 987. The lowest BCUT2D eigenvalue weighted by molar-refractivity contribution is 0.0946. The van der Waals surface area contributed by atoms with Gasteiger partial charge >= 0.3 is 0 Å². The number of halogens is 1. The van der Waals surface area contributed by atoms with Crippen LogP contribution in [0.2, 0.25) is 5.02 Å². The van der Waals surface area contributed by atoms with Crippen LogP contribution in [0.4, 0.5) is 0 Å². The molecule has 132 valence electrons. The van der Waals surface area contributed by atoms with Gasteiger partial charge in [-0.25, -0.2) is 4.98 Å². The first-order valence-corrected chi connectivity index (χ1v) is 8.34. The first-order valence-electron chi connectivity index (χ1n) is 7.96. The number of hydrogen-bond donors (Lipinski definition) is 3. The van der Waals surface area contributed by atoms with Crippen molar-refractivity contribution in [2.75, 3.05) is 6.54 Å². The maximum absolute atomic E-state index is 12.4. The molecule has 7 heteroatoms. The Balaban J connectivity index is 1.81. The van der Waals surface area contributed by atoms with Gasteiger partial charge in [0.1, 0.15) is 5.82 Å². The normalized spacial score (nSPS) is 10.5. The molecule has 0 saturated heterocycles. The summed E-state index contributed by atoms with van der Waals surface area (Å²) in [5.41, 5.74) is 0.386. The first kappa shape index (κ1) is 17.7. The zero-order valence-corrected chi connectivity index (χ0v) is 14.5. The Morgan fingerprint density at radius 3 is 2.54 bits per heavy atom. The number of aromatic amines is 1. The molecule has 6 nitrogen and oxygen atoms in total. The molecular weight excluding hydrogens is 354 g/mol. The average molecular weight is 370 g/mol. The summed E-state index contributed by atoms with van der Waals surface area (Å²) in [6.45, 7) is 0.345.